The molecule has 3 aliphatic rings. The maximum absolute atomic E-state index is 13.6. The van der Waals surface area contributed by atoms with Crippen LogP contribution in [-0.2, 0) is 23.8 Å². The van der Waals surface area contributed by atoms with E-state index in [1.165, 1.54) is 11.0 Å². The lowest BCUT2D eigenvalue weighted by atomic mass is 9.58. The second-order valence-electron chi connectivity index (χ2n) is 11.0. The summed E-state index contributed by atoms with van der Waals surface area (Å²) in [5.41, 5.74) is 3.75. The maximum atomic E-state index is 13.6. The smallest absolute Gasteiger partial charge is 0.455 e. The van der Waals surface area contributed by atoms with Gasteiger partial charge in [0.05, 0.1) is 29.6 Å². The number of aliphatic carboxylic acids is 1. The molecule has 9 nitrogen and oxygen atoms in total. The number of phenolic OH excluding ortho intramolecular Hbond substituents is 1. The van der Waals surface area contributed by atoms with Gasteiger partial charge in [-0.25, -0.2) is 0 Å². The van der Waals surface area contributed by atoms with E-state index in [9.17, 15) is 24.5 Å². The van der Waals surface area contributed by atoms with Crippen molar-refractivity contribution in [3.05, 3.63) is 45.5 Å². The molecule has 40 heavy (non-hydrogen) atoms. The quantitative estimate of drug-likeness (QED) is 0.146. The molecule has 4 rings (SSSR count). The SMILES string of the molecule is COCC1=C2[C@@H](CC/C(C)=C/c3ccc(O)cc3Cl)OB(O)C[C@@H]2[C@@H]2C(=O)N(CCCCCC(=O)O)C(=O)[C@@H]2C1. The Morgan fingerprint density at radius 1 is 1.20 bits per heavy atom. The number of amides is 2. The minimum Gasteiger partial charge on any atom is -0.508 e. The van der Waals surface area contributed by atoms with Crippen molar-refractivity contribution in [1.82, 2.24) is 4.90 Å². The largest absolute Gasteiger partial charge is 0.508 e. The Bertz CT molecular complexity index is 1200. The number of allylic oxidation sites excluding steroid dienone is 1. The van der Waals surface area contributed by atoms with Gasteiger partial charge in [0.2, 0.25) is 11.8 Å². The van der Waals surface area contributed by atoms with Crippen molar-refractivity contribution in [2.75, 3.05) is 20.3 Å². The zero-order chi connectivity index (χ0) is 29.0. The fraction of sp³-hybridized carbons (Fsp3) is 0.552. The van der Waals surface area contributed by atoms with Crippen LogP contribution < -0.4 is 0 Å². The van der Waals surface area contributed by atoms with Gasteiger partial charge in [-0.1, -0.05) is 29.7 Å². The van der Waals surface area contributed by atoms with Crippen molar-refractivity contribution in [2.24, 2.45) is 17.8 Å². The predicted octanol–water partition coefficient (Wildman–Crippen LogP) is 4.32. The lowest BCUT2D eigenvalue weighted by Crippen LogP contribution is -2.46. The number of benzene rings is 1. The molecule has 2 fully saturated rings. The highest BCUT2D eigenvalue weighted by Gasteiger charge is 2.57. The van der Waals surface area contributed by atoms with Crippen LogP contribution in [0.15, 0.2) is 34.9 Å². The van der Waals surface area contributed by atoms with Gasteiger partial charge >= 0.3 is 13.1 Å². The van der Waals surface area contributed by atoms with E-state index in [4.69, 9.17) is 26.1 Å². The number of carbonyl (C=O) groups excluding carboxylic acids is 2. The molecule has 1 aromatic rings. The lowest BCUT2D eigenvalue weighted by Gasteiger charge is -2.43. The number of phenols is 1. The monoisotopic (exact) mass is 573 g/mol. The molecule has 216 valence electrons. The molecule has 3 N–H and O–H groups in total. The second-order valence-corrected chi connectivity index (χ2v) is 11.4. The molecule has 0 radical (unpaired) electrons. The Hall–Kier alpha value is -2.66. The topological polar surface area (TPSA) is 134 Å². The standard InChI is InChI=1S/C29H37BClNO8/c1-17(12-18-8-9-20(33)14-23(18)31)7-10-24-26-19(16-39-2)13-21-27(22(26)15-30(38)40-24)29(37)32(28(21)36)11-5-3-4-6-25(34)35/h8-9,12,14,21-22,24,27,33,38H,3-7,10-11,13,15-16H2,1-2H3,(H,34,35)/b17-12+/t21-,22+,24-,27-/m1/s1. The molecule has 0 spiro atoms. The van der Waals surface area contributed by atoms with Crippen molar-refractivity contribution in [1.29, 1.82) is 0 Å². The van der Waals surface area contributed by atoms with E-state index in [0.717, 1.165) is 22.3 Å². The first kappa shape index (κ1) is 30.3. The number of hydrogen-bond donors (Lipinski definition) is 3. The van der Waals surface area contributed by atoms with Crippen molar-refractivity contribution in [3.63, 3.8) is 0 Å². The van der Waals surface area contributed by atoms with Gasteiger partial charge in [-0.05, 0) is 86.2 Å². The van der Waals surface area contributed by atoms with Gasteiger partial charge in [-0.15, -0.1) is 0 Å². The van der Waals surface area contributed by atoms with Gasteiger partial charge in [-0.3, -0.25) is 19.3 Å². The van der Waals surface area contributed by atoms with Gasteiger partial charge < -0.3 is 24.6 Å². The second kappa shape index (κ2) is 13.3. The van der Waals surface area contributed by atoms with Crippen LogP contribution >= 0.6 is 11.6 Å². The highest BCUT2D eigenvalue weighted by atomic mass is 35.5. The molecule has 2 heterocycles. The number of ether oxygens (including phenoxy) is 1. The minimum absolute atomic E-state index is 0.0682. The summed E-state index contributed by atoms with van der Waals surface area (Å²) < 4.78 is 11.5. The van der Waals surface area contributed by atoms with E-state index in [-0.39, 0.29) is 42.8 Å². The van der Waals surface area contributed by atoms with Crippen molar-refractivity contribution >= 4 is 42.6 Å². The first-order valence-electron chi connectivity index (χ1n) is 13.9. The molecule has 2 aliphatic heterocycles. The molecule has 0 aromatic heterocycles. The normalized spacial score (nSPS) is 24.9. The summed E-state index contributed by atoms with van der Waals surface area (Å²) in [4.78, 5) is 39.1. The number of likely N-dealkylation sites (tertiary alicyclic amines) is 1. The Balaban J connectivity index is 1.51. The number of halogens is 1. The Morgan fingerprint density at radius 2 is 1.98 bits per heavy atom. The van der Waals surface area contributed by atoms with Crippen LogP contribution in [0.4, 0.5) is 0 Å². The number of methoxy groups -OCH3 is 1. The number of carboxylic acid groups (broad SMARTS) is 1. The van der Waals surface area contributed by atoms with E-state index in [1.54, 1.807) is 19.2 Å². The summed E-state index contributed by atoms with van der Waals surface area (Å²) in [7, 11) is 0.548. The molecule has 0 bridgehead atoms. The molecule has 2 amide bonds. The third kappa shape index (κ3) is 6.79. The zero-order valence-corrected chi connectivity index (χ0v) is 23.7. The van der Waals surface area contributed by atoms with E-state index in [1.807, 2.05) is 13.0 Å². The molecule has 4 atom stereocenters. The summed E-state index contributed by atoms with van der Waals surface area (Å²) in [6, 6.07) is 4.82. The van der Waals surface area contributed by atoms with Crippen LogP contribution in [0.5, 0.6) is 5.75 Å². The maximum Gasteiger partial charge on any atom is 0.455 e. The number of imide groups is 1. The Labute approximate surface area is 239 Å². The lowest BCUT2D eigenvalue weighted by molar-refractivity contribution is -0.141. The van der Waals surface area contributed by atoms with Crippen LogP contribution in [0.2, 0.25) is 11.3 Å². The highest BCUT2D eigenvalue weighted by Crippen LogP contribution is 2.50. The van der Waals surface area contributed by atoms with Gasteiger partial charge in [0.25, 0.3) is 0 Å². The molecule has 1 aliphatic carbocycles. The molecular formula is C29H37BClNO8. The van der Waals surface area contributed by atoms with Gasteiger partial charge in [0.1, 0.15) is 5.75 Å². The van der Waals surface area contributed by atoms with Crippen molar-refractivity contribution < 1.29 is 39.0 Å². The van der Waals surface area contributed by atoms with Crippen molar-refractivity contribution in [2.45, 2.75) is 64.3 Å². The number of carbonyl (C=O) groups is 3. The number of carboxylic acids is 1. The van der Waals surface area contributed by atoms with E-state index >= 15 is 0 Å². The fourth-order valence-corrected chi connectivity index (χ4v) is 6.64. The Morgan fingerprint density at radius 3 is 2.67 bits per heavy atom. The van der Waals surface area contributed by atoms with E-state index in [2.05, 4.69) is 0 Å². The highest BCUT2D eigenvalue weighted by molar-refractivity contribution is 6.43. The first-order valence-corrected chi connectivity index (χ1v) is 14.3. The van der Waals surface area contributed by atoms with Crippen LogP contribution in [0.1, 0.15) is 57.4 Å². The fourth-order valence-electron chi connectivity index (χ4n) is 6.41. The number of aromatic hydroxyl groups is 1. The van der Waals surface area contributed by atoms with E-state index in [0.29, 0.717) is 50.2 Å². The van der Waals surface area contributed by atoms with E-state index < -0.39 is 31.0 Å². The number of rotatable bonds is 12. The van der Waals surface area contributed by atoms with Crippen LogP contribution in [0.25, 0.3) is 6.08 Å². The average molecular weight is 574 g/mol. The van der Waals surface area contributed by atoms with Gasteiger partial charge in [0.15, 0.2) is 0 Å². The number of nitrogens with zero attached hydrogens (tertiary/aromatic N) is 1. The molecule has 1 aromatic carbocycles. The molecule has 0 unspecified atom stereocenters. The van der Waals surface area contributed by atoms with Crippen molar-refractivity contribution in [3.8, 4) is 5.75 Å². The molecule has 11 heteroatoms. The molecule has 0 saturated carbocycles. The predicted molar refractivity (Wildman–Crippen MR) is 150 cm³/mol. The molecular weight excluding hydrogens is 537 g/mol. The molecule has 2 saturated heterocycles. The minimum atomic E-state index is -1.05. The first-order chi connectivity index (χ1) is 19.1. The summed E-state index contributed by atoms with van der Waals surface area (Å²) in [5.74, 6) is -2.51. The summed E-state index contributed by atoms with van der Waals surface area (Å²) >= 11 is 6.26. The zero-order valence-electron chi connectivity index (χ0n) is 23.0. The summed E-state index contributed by atoms with van der Waals surface area (Å²) in [5, 5.41) is 29.6. The number of hydrogen-bond acceptors (Lipinski definition) is 7. The number of unbranched alkanes of at least 4 members (excludes halogenated alkanes) is 2. The summed E-state index contributed by atoms with van der Waals surface area (Å²) in [6.45, 7) is 2.58. The van der Waals surface area contributed by atoms with Crippen LogP contribution in [0.3, 0.4) is 0 Å². The van der Waals surface area contributed by atoms with Gasteiger partial charge in [0, 0.05) is 20.1 Å². The number of fused-ring (bicyclic) bond motifs is 3. The summed E-state index contributed by atoms with van der Waals surface area (Å²) in [6.07, 6.45) is 5.15. The third-order valence-corrected chi connectivity index (χ3v) is 8.50. The third-order valence-electron chi connectivity index (χ3n) is 8.18. The Kier molecular flexibility index (Phi) is 10.1. The average Bonchev–Trinajstić information content (AvgIpc) is 3.13. The van der Waals surface area contributed by atoms with Crippen LogP contribution in [0, 0.1) is 17.8 Å². The van der Waals surface area contributed by atoms with Crippen LogP contribution in [-0.4, -0.2) is 71.4 Å². The van der Waals surface area contributed by atoms with Gasteiger partial charge in [-0.2, -0.15) is 0 Å².